The Kier molecular flexibility index (Phi) is 5.61. The molecule has 12 atom stereocenters. The van der Waals surface area contributed by atoms with E-state index in [2.05, 4.69) is 26.8 Å². The fourth-order valence-corrected chi connectivity index (χ4v) is 10.9. The summed E-state index contributed by atoms with van der Waals surface area (Å²) in [7, 11) is 0. The minimum Gasteiger partial charge on any atom is -0.481 e. The van der Waals surface area contributed by atoms with Gasteiger partial charge in [0.1, 0.15) is 6.10 Å². The van der Waals surface area contributed by atoms with Crippen LogP contribution in [0.2, 0.25) is 0 Å². The summed E-state index contributed by atoms with van der Waals surface area (Å²) in [6, 6.07) is 0. The highest BCUT2D eigenvalue weighted by molar-refractivity contribution is 5.77. The van der Waals surface area contributed by atoms with Crippen molar-refractivity contribution in [1.29, 1.82) is 0 Å². The zero-order valence-electron chi connectivity index (χ0n) is 23.2. The van der Waals surface area contributed by atoms with Gasteiger partial charge >= 0.3 is 5.97 Å². The Morgan fingerprint density at radius 1 is 0.889 bits per heavy atom. The van der Waals surface area contributed by atoms with E-state index in [0.717, 1.165) is 19.3 Å². The smallest absolute Gasteiger partial charge is 0.310 e. The van der Waals surface area contributed by atoms with Gasteiger partial charge in [-0.15, -0.1) is 0 Å². The second-order valence-corrected chi connectivity index (χ2v) is 14.9. The number of aliphatic carboxylic acids is 1. The first-order chi connectivity index (χ1) is 16.4. The highest BCUT2D eigenvalue weighted by atomic mass is 16.4. The number of hydrogen-bond donors (Lipinski definition) is 5. The van der Waals surface area contributed by atoms with Gasteiger partial charge < -0.3 is 25.5 Å². The standard InChI is InChI=1S/C30H48O6/c1-16-20-17-8-9-19-27(5,11-10-18-25(2,3)22(32)21(31)23(33)29(18,19)7)26(17,4)12-14-30(20,24(34)35)15-13-28(16,6)36/h8,16,18-23,31-33,36H,9-15H2,1-7H3,(H,34,35). The SMILES string of the molecule is CC1C2C3=CCC4C5(C)C(O)C(O)C(O)C(C)(C)C5CCC4(C)C3(C)CCC2(C(=O)O)CCC1(C)O. The lowest BCUT2D eigenvalue weighted by Gasteiger charge is -2.72. The summed E-state index contributed by atoms with van der Waals surface area (Å²) in [4.78, 5) is 12.8. The predicted molar refractivity (Wildman–Crippen MR) is 137 cm³/mol. The van der Waals surface area contributed by atoms with E-state index in [9.17, 15) is 30.3 Å². The van der Waals surface area contributed by atoms with Crippen molar-refractivity contribution < 1.29 is 30.3 Å². The topological polar surface area (TPSA) is 118 Å². The number of allylic oxidation sites excluding steroid dienone is 2. The first kappa shape index (κ1) is 26.6. The number of rotatable bonds is 1. The average Bonchev–Trinajstić information content (AvgIpc) is 2.79. The molecule has 0 heterocycles. The highest BCUT2D eigenvalue weighted by Gasteiger charge is 2.72. The Balaban J connectivity index is 1.66. The number of carboxylic acids is 1. The van der Waals surface area contributed by atoms with Crippen molar-refractivity contribution >= 4 is 5.97 Å². The molecule has 12 unspecified atom stereocenters. The molecule has 0 aromatic heterocycles. The van der Waals surface area contributed by atoms with Crippen LogP contribution in [0.3, 0.4) is 0 Å². The molecule has 204 valence electrons. The molecule has 0 aromatic carbocycles. The molecule has 0 aliphatic heterocycles. The van der Waals surface area contributed by atoms with Crippen molar-refractivity contribution in [3.63, 3.8) is 0 Å². The molecule has 0 radical (unpaired) electrons. The molecule has 5 aliphatic carbocycles. The Hall–Kier alpha value is -0.950. The van der Waals surface area contributed by atoms with E-state index in [1.807, 2.05) is 27.7 Å². The molecule has 6 nitrogen and oxygen atoms in total. The normalized spacial score (nSPS) is 58.0. The van der Waals surface area contributed by atoms with Gasteiger partial charge in [0.05, 0.1) is 23.2 Å². The lowest BCUT2D eigenvalue weighted by atomic mass is 9.32. The Bertz CT molecular complexity index is 986. The zero-order chi connectivity index (χ0) is 26.9. The van der Waals surface area contributed by atoms with Crippen LogP contribution in [0.25, 0.3) is 0 Å². The van der Waals surface area contributed by atoms with Crippen LogP contribution in [0.1, 0.15) is 93.4 Å². The average molecular weight is 505 g/mol. The second kappa shape index (κ2) is 7.58. The first-order valence-electron chi connectivity index (χ1n) is 14.1. The van der Waals surface area contributed by atoms with Crippen LogP contribution in [0.15, 0.2) is 11.6 Å². The fourth-order valence-electron chi connectivity index (χ4n) is 10.9. The molecule has 5 rings (SSSR count). The third kappa shape index (κ3) is 2.85. The summed E-state index contributed by atoms with van der Waals surface area (Å²) in [6.07, 6.45) is 3.94. The molecule has 5 aliphatic rings. The van der Waals surface area contributed by atoms with Crippen LogP contribution >= 0.6 is 0 Å². The van der Waals surface area contributed by atoms with Gasteiger partial charge in [0.2, 0.25) is 0 Å². The number of aliphatic hydroxyl groups is 4. The zero-order valence-corrected chi connectivity index (χ0v) is 23.2. The highest BCUT2D eigenvalue weighted by Crippen LogP contribution is 2.75. The van der Waals surface area contributed by atoms with E-state index in [1.54, 1.807) is 0 Å². The van der Waals surface area contributed by atoms with Gasteiger partial charge in [-0.05, 0) is 85.9 Å². The van der Waals surface area contributed by atoms with Crippen molar-refractivity contribution in [3.8, 4) is 0 Å². The second-order valence-electron chi connectivity index (χ2n) is 14.9. The van der Waals surface area contributed by atoms with E-state index >= 15 is 0 Å². The van der Waals surface area contributed by atoms with Gasteiger partial charge in [-0.2, -0.15) is 0 Å². The van der Waals surface area contributed by atoms with Gasteiger partial charge in [-0.3, -0.25) is 4.79 Å². The van der Waals surface area contributed by atoms with Crippen molar-refractivity contribution in [2.24, 2.45) is 50.7 Å². The number of carboxylic acid groups (broad SMARTS) is 1. The molecule has 0 aromatic rings. The molecule has 0 saturated heterocycles. The maximum absolute atomic E-state index is 12.8. The summed E-state index contributed by atoms with van der Waals surface area (Å²) in [5.74, 6) is -0.976. The third-order valence-electron chi connectivity index (χ3n) is 13.6. The van der Waals surface area contributed by atoms with E-state index in [1.165, 1.54) is 5.57 Å². The molecule has 6 heteroatoms. The maximum Gasteiger partial charge on any atom is 0.310 e. The van der Waals surface area contributed by atoms with E-state index in [0.29, 0.717) is 25.7 Å². The fraction of sp³-hybridized carbons (Fsp3) is 0.900. The van der Waals surface area contributed by atoms with Gasteiger partial charge in [0, 0.05) is 11.3 Å². The molecular formula is C30H48O6. The molecule has 4 saturated carbocycles. The Morgan fingerprint density at radius 3 is 2.11 bits per heavy atom. The summed E-state index contributed by atoms with van der Waals surface area (Å²) < 4.78 is 0. The third-order valence-corrected chi connectivity index (χ3v) is 13.6. The monoisotopic (exact) mass is 504 g/mol. The number of aliphatic hydroxyl groups excluding tert-OH is 3. The molecule has 0 amide bonds. The molecule has 0 bridgehead atoms. The lowest BCUT2D eigenvalue weighted by Crippen LogP contribution is -2.72. The quantitative estimate of drug-likeness (QED) is 0.343. The maximum atomic E-state index is 12.8. The van der Waals surface area contributed by atoms with Gasteiger partial charge in [-0.25, -0.2) is 0 Å². The summed E-state index contributed by atoms with van der Waals surface area (Å²) in [6.45, 7) is 14.7. The van der Waals surface area contributed by atoms with Crippen molar-refractivity contribution in [1.82, 2.24) is 0 Å². The first-order valence-corrected chi connectivity index (χ1v) is 14.1. The van der Waals surface area contributed by atoms with Gasteiger partial charge in [0.25, 0.3) is 0 Å². The number of fused-ring (bicyclic) bond motifs is 7. The van der Waals surface area contributed by atoms with E-state index < -0.39 is 46.1 Å². The van der Waals surface area contributed by atoms with Crippen molar-refractivity contribution in [2.45, 2.75) is 117 Å². The predicted octanol–water partition coefficient (Wildman–Crippen LogP) is 4.15. The molecule has 5 N–H and O–H groups in total. The summed E-state index contributed by atoms with van der Waals surface area (Å²) in [5, 5.41) is 55.3. The molecule has 4 fully saturated rings. The van der Waals surface area contributed by atoms with Crippen molar-refractivity contribution in [2.75, 3.05) is 0 Å². The molecule has 0 spiro atoms. The summed E-state index contributed by atoms with van der Waals surface area (Å²) >= 11 is 0. The number of carbonyl (C=O) groups is 1. The van der Waals surface area contributed by atoms with Crippen LogP contribution in [0.4, 0.5) is 0 Å². The van der Waals surface area contributed by atoms with Crippen LogP contribution in [-0.4, -0.2) is 55.4 Å². The molecular weight excluding hydrogens is 456 g/mol. The largest absolute Gasteiger partial charge is 0.481 e. The minimum atomic E-state index is -1.19. The lowest BCUT2D eigenvalue weighted by molar-refractivity contribution is -0.279. The summed E-state index contributed by atoms with van der Waals surface area (Å²) in [5.41, 5.74) is -2.12. The van der Waals surface area contributed by atoms with Crippen LogP contribution < -0.4 is 0 Å². The van der Waals surface area contributed by atoms with Crippen LogP contribution in [0, 0.1) is 50.7 Å². The minimum absolute atomic E-state index is 0.0612. The van der Waals surface area contributed by atoms with E-state index in [4.69, 9.17) is 0 Å². The van der Waals surface area contributed by atoms with Crippen LogP contribution in [-0.2, 0) is 4.79 Å². The van der Waals surface area contributed by atoms with E-state index in [-0.39, 0.29) is 34.5 Å². The molecule has 36 heavy (non-hydrogen) atoms. The number of hydrogen-bond acceptors (Lipinski definition) is 5. The van der Waals surface area contributed by atoms with Crippen molar-refractivity contribution in [3.05, 3.63) is 11.6 Å². The van der Waals surface area contributed by atoms with Gasteiger partial charge in [0.15, 0.2) is 0 Å². The Labute approximate surface area is 216 Å². The Morgan fingerprint density at radius 2 is 1.50 bits per heavy atom. The van der Waals surface area contributed by atoms with Crippen LogP contribution in [0.5, 0.6) is 0 Å². The van der Waals surface area contributed by atoms with Gasteiger partial charge in [-0.1, -0.05) is 53.2 Å².